The highest BCUT2D eigenvalue weighted by Crippen LogP contribution is 2.21. The third-order valence-corrected chi connectivity index (χ3v) is 3.01. The first-order valence-corrected chi connectivity index (χ1v) is 6.52. The Balaban J connectivity index is 2.78. The van der Waals surface area contributed by atoms with Crippen LogP contribution in [0.5, 0.6) is 5.75 Å². The number of carbonyl (C=O) groups excluding carboxylic acids is 1. The van der Waals surface area contributed by atoms with Crippen molar-refractivity contribution in [3.63, 3.8) is 0 Å². The number of nitrogens with zero attached hydrogens (tertiary/aromatic N) is 1. The number of methoxy groups -OCH3 is 1. The highest BCUT2D eigenvalue weighted by molar-refractivity contribution is 5.89. The Morgan fingerprint density at radius 3 is 2.62 bits per heavy atom. The fraction of sp³-hybridized carbons (Fsp3) is 0.429. The van der Waals surface area contributed by atoms with E-state index in [4.69, 9.17) is 9.84 Å². The first-order chi connectivity index (χ1) is 9.88. The molecule has 0 aliphatic carbocycles. The third-order valence-electron chi connectivity index (χ3n) is 3.01. The maximum absolute atomic E-state index is 13.5. The highest BCUT2D eigenvalue weighted by atomic mass is 19.1. The van der Waals surface area contributed by atoms with Crippen LogP contribution in [0.25, 0.3) is 0 Å². The molecule has 0 heterocycles. The number of anilines is 1. The molecule has 1 aromatic carbocycles. The highest BCUT2D eigenvalue weighted by Gasteiger charge is 2.21. The average Bonchev–Trinajstić information content (AvgIpc) is 2.38. The van der Waals surface area contributed by atoms with Crippen LogP contribution >= 0.6 is 0 Å². The first kappa shape index (κ1) is 16.7. The normalized spacial score (nSPS) is 11.6. The van der Waals surface area contributed by atoms with Crippen molar-refractivity contribution in [2.75, 3.05) is 19.0 Å². The van der Waals surface area contributed by atoms with Crippen molar-refractivity contribution in [1.29, 1.82) is 0 Å². The lowest BCUT2D eigenvalue weighted by molar-refractivity contribution is -0.137. The molecule has 1 unspecified atom stereocenters. The molecule has 1 rings (SSSR count). The summed E-state index contributed by atoms with van der Waals surface area (Å²) in [7, 11) is 1.35. The van der Waals surface area contributed by atoms with Crippen LogP contribution in [-0.4, -0.2) is 41.7 Å². The molecule has 0 saturated carbocycles. The van der Waals surface area contributed by atoms with Crippen LogP contribution in [0.15, 0.2) is 18.2 Å². The van der Waals surface area contributed by atoms with Gasteiger partial charge in [-0.2, -0.15) is 0 Å². The molecule has 1 atom stereocenters. The van der Waals surface area contributed by atoms with Crippen molar-refractivity contribution in [3.05, 3.63) is 24.0 Å². The molecule has 7 heteroatoms. The van der Waals surface area contributed by atoms with Crippen LogP contribution in [0.4, 0.5) is 14.9 Å². The summed E-state index contributed by atoms with van der Waals surface area (Å²) in [6, 6.07) is 3.12. The van der Waals surface area contributed by atoms with Crippen LogP contribution in [0.1, 0.15) is 20.3 Å². The van der Waals surface area contributed by atoms with E-state index in [0.717, 1.165) is 6.07 Å². The van der Waals surface area contributed by atoms with E-state index in [-0.39, 0.29) is 17.9 Å². The first-order valence-electron chi connectivity index (χ1n) is 6.52. The average molecular weight is 298 g/mol. The van der Waals surface area contributed by atoms with E-state index in [1.165, 1.54) is 24.1 Å². The number of ether oxygens (including phenoxy) is 1. The number of amides is 2. The minimum atomic E-state index is -0.982. The zero-order chi connectivity index (χ0) is 16.0. The number of rotatable bonds is 6. The molecule has 0 radical (unpaired) electrons. The van der Waals surface area contributed by atoms with Crippen molar-refractivity contribution >= 4 is 17.7 Å². The van der Waals surface area contributed by atoms with Crippen molar-refractivity contribution in [2.24, 2.45) is 0 Å². The summed E-state index contributed by atoms with van der Waals surface area (Å²) in [5, 5.41) is 11.3. The standard InChI is InChI=1S/C14H19FN2O4/c1-4-17(9(2)7-13(18)19)14(20)16-10-5-6-12(21-3)11(15)8-10/h5-6,8-9H,4,7H2,1-3H3,(H,16,20)(H,18,19). The van der Waals surface area contributed by atoms with Gasteiger partial charge in [-0.05, 0) is 26.0 Å². The predicted octanol–water partition coefficient (Wildman–Crippen LogP) is 2.55. The molecule has 2 N–H and O–H groups in total. The van der Waals surface area contributed by atoms with Crippen molar-refractivity contribution in [1.82, 2.24) is 4.90 Å². The molecule has 6 nitrogen and oxygen atoms in total. The molecular formula is C14H19FN2O4. The van der Waals surface area contributed by atoms with E-state index < -0.39 is 23.9 Å². The number of benzene rings is 1. The van der Waals surface area contributed by atoms with Crippen LogP contribution < -0.4 is 10.1 Å². The minimum Gasteiger partial charge on any atom is -0.494 e. The SMILES string of the molecule is CCN(C(=O)Nc1ccc(OC)c(F)c1)C(C)CC(=O)O. The summed E-state index contributed by atoms with van der Waals surface area (Å²) in [5.41, 5.74) is 0.277. The minimum absolute atomic E-state index is 0.0830. The van der Waals surface area contributed by atoms with E-state index in [9.17, 15) is 14.0 Å². The lowest BCUT2D eigenvalue weighted by Gasteiger charge is -2.27. The summed E-state index contributed by atoms with van der Waals surface area (Å²) >= 11 is 0. The lowest BCUT2D eigenvalue weighted by atomic mass is 10.2. The van der Waals surface area contributed by atoms with Gasteiger partial charge in [-0.25, -0.2) is 9.18 Å². The molecule has 0 spiro atoms. The van der Waals surface area contributed by atoms with E-state index in [2.05, 4.69) is 5.32 Å². The van der Waals surface area contributed by atoms with E-state index in [0.29, 0.717) is 6.54 Å². The molecule has 21 heavy (non-hydrogen) atoms. The number of nitrogens with one attached hydrogen (secondary N) is 1. The summed E-state index contributed by atoms with van der Waals surface area (Å²) in [4.78, 5) is 24.2. The molecule has 0 bridgehead atoms. The Bertz CT molecular complexity index is 522. The Kier molecular flexibility index (Phi) is 5.95. The van der Waals surface area contributed by atoms with Gasteiger partial charge in [0.15, 0.2) is 11.6 Å². The number of halogens is 1. The zero-order valence-electron chi connectivity index (χ0n) is 12.2. The van der Waals surface area contributed by atoms with Gasteiger partial charge in [-0.3, -0.25) is 4.79 Å². The van der Waals surface area contributed by atoms with E-state index >= 15 is 0 Å². The van der Waals surface area contributed by atoms with Gasteiger partial charge in [0.25, 0.3) is 0 Å². The summed E-state index contributed by atoms with van der Waals surface area (Å²) in [5.74, 6) is -1.49. The van der Waals surface area contributed by atoms with Gasteiger partial charge in [-0.1, -0.05) is 0 Å². The van der Waals surface area contributed by atoms with Crippen molar-refractivity contribution in [3.8, 4) is 5.75 Å². The predicted molar refractivity (Wildman–Crippen MR) is 76.1 cm³/mol. The molecule has 0 saturated heterocycles. The van der Waals surface area contributed by atoms with Crippen LogP contribution in [0, 0.1) is 5.82 Å². The fourth-order valence-corrected chi connectivity index (χ4v) is 1.96. The molecule has 0 aliphatic heterocycles. The zero-order valence-corrected chi connectivity index (χ0v) is 12.2. The fourth-order valence-electron chi connectivity index (χ4n) is 1.96. The number of carboxylic acid groups (broad SMARTS) is 1. The molecule has 0 aromatic heterocycles. The Morgan fingerprint density at radius 2 is 2.14 bits per heavy atom. The molecule has 116 valence electrons. The van der Waals surface area contributed by atoms with Crippen LogP contribution in [0.3, 0.4) is 0 Å². The number of carboxylic acids is 1. The van der Waals surface area contributed by atoms with Crippen molar-refractivity contribution < 1.29 is 23.8 Å². The summed E-state index contributed by atoms with van der Waals surface area (Å²) in [6.45, 7) is 3.73. The molecule has 0 fully saturated rings. The van der Waals surface area contributed by atoms with Gasteiger partial charge in [0, 0.05) is 24.3 Å². The number of urea groups is 1. The second-order valence-electron chi connectivity index (χ2n) is 4.51. The Labute approximate surface area is 122 Å². The largest absolute Gasteiger partial charge is 0.494 e. The Morgan fingerprint density at radius 1 is 1.48 bits per heavy atom. The molecule has 0 aliphatic rings. The van der Waals surface area contributed by atoms with Gasteiger partial charge in [0.1, 0.15) is 0 Å². The van der Waals surface area contributed by atoms with Crippen molar-refractivity contribution in [2.45, 2.75) is 26.3 Å². The number of hydrogen-bond donors (Lipinski definition) is 2. The number of aliphatic carboxylic acids is 1. The second-order valence-corrected chi connectivity index (χ2v) is 4.51. The summed E-state index contributed by atoms with van der Waals surface area (Å²) in [6.07, 6.45) is -0.155. The van der Waals surface area contributed by atoms with Crippen LogP contribution in [-0.2, 0) is 4.79 Å². The van der Waals surface area contributed by atoms with Gasteiger partial charge in [0.05, 0.1) is 13.5 Å². The number of carbonyl (C=O) groups is 2. The molecule has 2 amide bonds. The second kappa shape index (κ2) is 7.47. The molecule has 1 aromatic rings. The van der Waals surface area contributed by atoms with E-state index in [1.54, 1.807) is 13.8 Å². The van der Waals surface area contributed by atoms with Gasteiger partial charge < -0.3 is 20.1 Å². The van der Waals surface area contributed by atoms with Gasteiger partial charge in [0.2, 0.25) is 0 Å². The lowest BCUT2D eigenvalue weighted by Crippen LogP contribution is -2.42. The maximum Gasteiger partial charge on any atom is 0.322 e. The summed E-state index contributed by atoms with van der Waals surface area (Å²) < 4.78 is 18.3. The Hall–Kier alpha value is -2.31. The van der Waals surface area contributed by atoms with Gasteiger partial charge in [-0.15, -0.1) is 0 Å². The smallest absolute Gasteiger partial charge is 0.322 e. The van der Waals surface area contributed by atoms with E-state index in [1.807, 2.05) is 0 Å². The third kappa shape index (κ3) is 4.62. The monoisotopic (exact) mass is 298 g/mol. The number of hydrogen-bond acceptors (Lipinski definition) is 3. The molecular weight excluding hydrogens is 279 g/mol. The maximum atomic E-state index is 13.5. The van der Waals surface area contributed by atoms with Crippen LogP contribution in [0.2, 0.25) is 0 Å². The van der Waals surface area contributed by atoms with Gasteiger partial charge >= 0.3 is 12.0 Å². The topological polar surface area (TPSA) is 78.9 Å². The quantitative estimate of drug-likeness (QED) is 0.846.